The van der Waals surface area contributed by atoms with E-state index in [9.17, 15) is 4.79 Å². The Morgan fingerprint density at radius 1 is 0.935 bits per heavy atom. The number of fused-ring (bicyclic) bond motifs is 3. The smallest absolute Gasteiger partial charge is 0.255 e. The van der Waals surface area contributed by atoms with Gasteiger partial charge in [-0.2, -0.15) is 5.10 Å². The highest BCUT2D eigenvalue weighted by Crippen LogP contribution is 2.36. The van der Waals surface area contributed by atoms with Gasteiger partial charge >= 0.3 is 0 Å². The fourth-order valence-electron chi connectivity index (χ4n) is 6.52. The predicted octanol–water partition coefficient (Wildman–Crippen LogP) is 3.69. The van der Waals surface area contributed by atoms with Gasteiger partial charge in [-0.15, -0.1) is 0 Å². The summed E-state index contributed by atoms with van der Waals surface area (Å²) in [6.07, 6.45) is 14.8. The summed E-state index contributed by atoms with van der Waals surface area (Å²) >= 11 is 0. The third-order valence-corrected chi connectivity index (χ3v) is 8.44. The van der Waals surface area contributed by atoms with Crippen LogP contribution in [0.15, 0.2) is 11.0 Å². The van der Waals surface area contributed by atoms with E-state index in [0.29, 0.717) is 23.6 Å². The molecule has 2 aromatic heterocycles. The molecule has 168 valence electrons. The van der Waals surface area contributed by atoms with Gasteiger partial charge in [-0.25, -0.2) is 4.68 Å². The number of hydrogen-bond donors (Lipinski definition) is 0. The zero-order valence-electron chi connectivity index (χ0n) is 18.7. The largest absolute Gasteiger partial charge is 0.381 e. The Balaban J connectivity index is 1.33. The van der Waals surface area contributed by atoms with Crippen molar-refractivity contribution in [3.63, 3.8) is 0 Å². The van der Waals surface area contributed by atoms with Gasteiger partial charge in [0.2, 0.25) is 0 Å². The highest BCUT2D eigenvalue weighted by Gasteiger charge is 2.31. The number of hydrogen-bond acceptors (Lipinski definition) is 4. The standard InChI is InChI=1S/C25H36N4O2/c30-25-22-9-2-1-8-21(22)23-15-26-28(24(23)29(25)20-6-3-7-20)17-18-5-4-12-27(16-18)19-10-13-31-14-11-19/h15,18-20H,1-14,16-17H2. The molecule has 2 aliphatic carbocycles. The molecule has 0 amide bonds. The van der Waals surface area contributed by atoms with Crippen LogP contribution in [0.25, 0.3) is 11.0 Å². The third kappa shape index (κ3) is 3.56. The molecule has 2 aliphatic heterocycles. The Kier molecular flexibility index (Phi) is 5.39. The van der Waals surface area contributed by atoms with Crippen molar-refractivity contribution >= 4 is 11.0 Å². The lowest BCUT2D eigenvalue weighted by Crippen LogP contribution is -2.46. The first kappa shape index (κ1) is 20.0. The van der Waals surface area contributed by atoms with Gasteiger partial charge in [-0.05, 0) is 88.7 Å². The van der Waals surface area contributed by atoms with Crippen molar-refractivity contribution < 1.29 is 4.74 Å². The average Bonchev–Trinajstić information content (AvgIpc) is 3.19. The van der Waals surface area contributed by atoms with Gasteiger partial charge in [0.25, 0.3) is 5.56 Å². The summed E-state index contributed by atoms with van der Waals surface area (Å²) in [5.74, 6) is 0.612. The summed E-state index contributed by atoms with van der Waals surface area (Å²) in [4.78, 5) is 16.3. The van der Waals surface area contributed by atoms with E-state index in [0.717, 1.165) is 69.6 Å². The molecule has 6 nitrogen and oxygen atoms in total. The van der Waals surface area contributed by atoms with E-state index >= 15 is 0 Å². The van der Waals surface area contributed by atoms with Crippen molar-refractivity contribution in [2.75, 3.05) is 26.3 Å². The SMILES string of the molecule is O=c1c2c(c3cnn(CC4CCCN(C5CCOCC5)C4)c3n1C1CCC1)CCCC2. The van der Waals surface area contributed by atoms with Crippen LogP contribution in [0, 0.1) is 5.92 Å². The molecule has 2 aromatic rings. The molecule has 4 heterocycles. The zero-order chi connectivity index (χ0) is 20.8. The monoisotopic (exact) mass is 424 g/mol. The van der Waals surface area contributed by atoms with Crippen LogP contribution < -0.4 is 5.56 Å². The van der Waals surface area contributed by atoms with Crippen molar-refractivity contribution in [2.45, 2.75) is 89.3 Å². The Morgan fingerprint density at radius 3 is 2.52 bits per heavy atom. The van der Waals surface area contributed by atoms with Crippen molar-refractivity contribution in [1.29, 1.82) is 0 Å². The van der Waals surface area contributed by atoms with Crippen LogP contribution in [-0.4, -0.2) is 51.6 Å². The minimum Gasteiger partial charge on any atom is -0.381 e. The van der Waals surface area contributed by atoms with E-state index in [-0.39, 0.29) is 0 Å². The van der Waals surface area contributed by atoms with Gasteiger partial charge in [0.15, 0.2) is 0 Å². The number of piperidine rings is 1. The van der Waals surface area contributed by atoms with Gasteiger partial charge in [0.05, 0.1) is 6.20 Å². The van der Waals surface area contributed by atoms with Crippen molar-refractivity contribution in [3.05, 3.63) is 27.7 Å². The molecule has 31 heavy (non-hydrogen) atoms. The molecule has 6 heteroatoms. The number of ether oxygens (including phenoxy) is 1. The number of aryl methyl sites for hydroxylation is 1. The van der Waals surface area contributed by atoms with Crippen molar-refractivity contribution in [3.8, 4) is 0 Å². The normalized spacial score (nSPS) is 26.1. The number of likely N-dealkylation sites (tertiary alicyclic amines) is 1. The quantitative estimate of drug-likeness (QED) is 0.751. The summed E-state index contributed by atoms with van der Waals surface area (Å²) in [6.45, 7) is 5.14. The second-order valence-electron chi connectivity index (χ2n) is 10.3. The summed E-state index contributed by atoms with van der Waals surface area (Å²) in [6, 6.07) is 1.06. The maximum atomic E-state index is 13.6. The number of aromatic nitrogens is 3. The van der Waals surface area contributed by atoms with Gasteiger partial charge < -0.3 is 4.74 Å². The Labute approximate surface area is 184 Å². The maximum Gasteiger partial charge on any atom is 0.255 e. The first-order valence-electron chi connectivity index (χ1n) is 12.7. The van der Waals surface area contributed by atoms with E-state index in [1.54, 1.807) is 0 Å². The van der Waals surface area contributed by atoms with Gasteiger partial charge in [-0.3, -0.25) is 14.3 Å². The maximum absolute atomic E-state index is 13.6. The van der Waals surface area contributed by atoms with E-state index in [4.69, 9.17) is 9.84 Å². The van der Waals surface area contributed by atoms with E-state index in [1.165, 1.54) is 56.0 Å². The Morgan fingerprint density at radius 2 is 1.74 bits per heavy atom. The van der Waals surface area contributed by atoms with Crippen LogP contribution in [-0.2, 0) is 24.1 Å². The van der Waals surface area contributed by atoms with Gasteiger partial charge in [0, 0.05) is 49.3 Å². The molecule has 1 unspecified atom stereocenters. The lowest BCUT2D eigenvalue weighted by atomic mass is 9.88. The lowest BCUT2D eigenvalue weighted by Gasteiger charge is -2.40. The molecule has 6 rings (SSSR count). The van der Waals surface area contributed by atoms with E-state index in [2.05, 4.69) is 20.3 Å². The molecule has 1 atom stereocenters. The molecule has 0 N–H and O–H groups in total. The summed E-state index contributed by atoms with van der Waals surface area (Å²) in [5, 5.41) is 6.16. The molecule has 2 saturated heterocycles. The molecular weight excluding hydrogens is 388 g/mol. The van der Waals surface area contributed by atoms with Crippen LogP contribution in [0.5, 0.6) is 0 Å². The molecular formula is C25H36N4O2. The molecule has 0 aromatic carbocycles. The summed E-state index contributed by atoms with van der Waals surface area (Å²) in [7, 11) is 0. The highest BCUT2D eigenvalue weighted by atomic mass is 16.5. The molecule has 3 fully saturated rings. The Hall–Kier alpha value is -1.66. The molecule has 0 spiro atoms. The van der Waals surface area contributed by atoms with E-state index in [1.807, 2.05) is 0 Å². The second-order valence-corrected chi connectivity index (χ2v) is 10.3. The van der Waals surface area contributed by atoms with E-state index < -0.39 is 0 Å². The number of nitrogens with zero attached hydrogens (tertiary/aromatic N) is 4. The van der Waals surface area contributed by atoms with Crippen LogP contribution in [0.3, 0.4) is 0 Å². The van der Waals surface area contributed by atoms with Crippen LogP contribution in [0.2, 0.25) is 0 Å². The van der Waals surface area contributed by atoms with Crippen LogP contribution in [0.1, 0.15) is 75.0 Å². The van der Waals surface area contributed by atoms with Gasteiger partial charge in [0.1, 0.15) is 5.65 Å². The first-order valence-corrected chi connectivity index (χ1v) is 12.7. The lowest BCUT2D eigenvalue weighted by molar-refractivity contribution is 0.0158. The minimum absolute atomic E-state index is 0.293. The zero-order valence-corrected chi connectivity index (χ0v) is 18.7. The fraction of sp³-hybridized carbons (Fsp3) is 0.760. The molecule has 4 aliphatic rings. The highest BCUT2D eigenvalue weighted by molar-refractivity contribution is 5.81. The summed E-state index contributed by atoms with van der Waals surface area (Å²) in [5.41, 5.74) is 3.81. The second kappa shape index (κ2) is 8.36. The first-order chi connectivity index (χ1) is 15.3. The Bertz CT molecular complexity index is 999. The molecule has 0 radical (unpaired) electrons. The van der Waals surface area contributed by atoms with Crippen molar-refractivity contribution in [2.24, 2.45) is 5.92 Å². The predicted molar refractivity (Wildman–Crippen MR) is 122 cm³/mol. The van der Waals surface area contributed by atoms with Crippen molar-refractivity contribution in [1.82, 2.24) is 19.2 Å². The molecule has 0 bridgehead atoms. The minimum atomic E-state index is 0.293. The summed E-state index contributed by atoms with van der Waals surface area (Å²) < 4.78 is 9.96. The van der Waals surface area contributed by atoms with Gasteiger partial charge in [-0.1, -0.05) is 0 Å². The third-order valence-electron chi connectivity index (χ3n) is 8.44. The molecule has 1 saturated carbocycles. The average molecular weight is 425 g/mol. The number of pyridine rings is 1. The fourth-order valence-corrected chi connectivity index (χ4v) is 6.52. The van der Waals surface area contributed by atoms with Crippen LogP contribution >= 0.6 is 0 Å². The number of rotatable bonds is 4. The topological polar surface area (TPSA) is 52.3 Å². The van der Waals surface area contributed by atoms with Crippen LogP contribution in [0.4, 0.5) is 0 Å².